The number of imidazole rings is 1. The van der Waals surface area contributed by atoms with E-state index >= 15 is 4.39 Å². The summed E-state index contributed by atoms with van der Waals surface area (Å²) in [5.41, 5.74) is 2.49. The number of rotatable bonds is 5. The van der Waals surface area contributed by atoms with Crippen molar-refractivity contribution in [2.75, 3.05) is 11.1 Å². The molecular formula is C23H18F5N5O5. The lowest BCUT2D eigenvalue weighted by Crippen LogP contribution is -2.27. The number of hydrogen-bond donors (Lipinski definition) is 6. The van der Waals surface area contributed by atoms with Gasteiger partial charge in [0.25, 0.3) is 5.91 Å². The summed E-state index contributed by atoms with van der Waals surface area (Å²) in [5.74, 6) is -9.16. The molecular weight excluding hydrogens is 521 g/mol. The molecule has 0 saturated carbocycles. The summed E-state index contributed by atoms with van der Waals surface area (Å²) < 4.78 is 69.9. The standard InChI is InChI=1S/C23H18F5N5O5/c1-9-8-30-19(29)17-16(32-21(33(9)17)23(36,37)38)12-5-6-13(15(25)14(12)24)31-20(35)18(34)10-3-2-4-11(7-10)22(26,27)28/h2-8,18,34,36-38H,1H3,(H2,29,30)(H,31,35). The van der Waals surface area contributed by atoms with Crippen molar-refractivity contribution in [3.63, 3.8) is 0 Å². The van der Waals surface area contributed by atoms with Crippen molar-refractivity contribution in [3.05, 3.63) is 76.9 Å². The van der Waals surface area contributed by atoms with Crippen LogP contribution in [0.1, 0.15) is 28.7 Å². The van der Waals surface area contributed by atoms with Gasteiger partial charge in [0.1, 0.15) is 17.0 Å². The highest BCUT2D eigenvalue weighted by Crippen LogP contribution is 2.36. The number of hydrogen-bond acceptors (Lipinski definition) is 8. The minimum absolute atomic E-state index is 0.192. The summed E-state index contributed by atoms with van der Waals surface area (Å²) in [6.45, 7) is 1.44. The maximum atomic E-state index is 15.2. The van der Waals surface area contributed by atoms with Gasteiger partial charge in [0, 0.05) is 17.5 Å². The van der Waals surface area contributed by atoms with Gasteiger partial charge in [-0.3, -0.25) is 9.20 Å². The summed E-state index contributed by atoms with van der Waals surface area (Å²) in [6.07, 6.45) is -5.69. The SMILES string of the molecule is Cc1cnc(N)c2c(-c3ccc(NC(=O)C(O)c4cccc(C(F)(F)F)c4)c(F)c3F)nc(C(O)(O)O)n12. The Morgan fingerprint density at radius 1 is 1.11 bits per heavy atom. The second kappa shape index (κ2) is 9.29. The topological polar surface area (TPSA) is 166 Å². The number of amides is 1. The molecule has 0 saturated heterocycles. The van der Waals surface area contributed by atoms with Crippen LogP contribution in [0.15, 0.2) is 42.6 Å². The molecule has 15 heteroatoms. The molecule has 1 atom stereocenters. The zero-order valence-corrected chi connectivity index (χ0v) is 19.1. The molecule has 0 spiro atoms. The Bertz CT molecular complexity index is 1570. The van der Waals surface area contributed by atoms with Crippen LogP contribution in [0, 0.1) is 18.6 Å². The molecule has 7 N–H and O–H groups in total. The van der Waals surface area contributed by atoms with E-state index in [0.29, 0.717) is 6.07 Å². The van der Waals surface area contributed by atoms with Crippen molar-refractivity contribution < 1.29 is 47.2 Å². The third-order valence-electron chi connectivity index (χ3n) is 5.54. The van der Waals surface area contributed by atoms with Gasteiger partial charge in [-0.25, -0.2) is 18.7 Å². The van der Waals surface area contributed by atoms with Crippen LogP contribution in [0.2, 0.25) is 0 Å². The Labute approximate surface area is 209 Å². The van der Waals surface area contributed by atoms with E-state index in [2.05, 4.69) is 9.97 Å². The first-order valence-corrected chi connectivity index (χ1v) is 10.6. The number of alkyl halides is 3. The fourth-order valence-corrected chi connectivity index (χ4v) is 3.76. The number of nitrogens with zero attached hydrogens (tertiary/aromatic N) is 3. The molecule has 1 unspecified atom stereocenters. The number of nitrogens with one attached hydrogen (secondary N) is 1. The van der Waals surface area contributed by atoms with E-state index in [-0.39, 0.29) is 17.0 Å². The maximum absolute atomic E-state index is 15.2. The van der Waals surface area contributed by atoms with Crippen molar-refractivity contribution in [2.45, 2.75) is 25.2 Å². The Morgan fingerprint density at radius 3 is 2.42 bits per heavy atom. The predicted molar refractivity (Wildman–Crippen MR) is 121 cm³/mol. The van der Waals surface area contributed by atoms with E-state index in [4.69, 9.17) is 5.73 Å². The fraction of sp³-hybridized carbons (Fsp3) is 0.174. The number of halogens is 5. The minimum Gasteiger partial charge on any atom is -0.382 e. The molecule has 0 bridgehead atoms. The molecule has 2 heterocycles. The number of benzene rings is 2. The summed E-state index contributed by atoms with van der Waals surface area (Å²) in [6, 6.07) is 5.09. The summed E-state index contributed by atoms with van der Waals surface area (Å²) in [5, 5.41) is 41.2. The van der Waals surface area contributed by atoms with E-state index in [1.165, 1.54) is 13.1 Å². The number of anilines is 2. The molecule has 10 nitrogen and oxygen atoms in total. The smallest absolute Gasteiger partial charge is 0.382 e. The number of carbonyl (C=O) groups is 1. The Hall–Kier alpha value is -4.18. The van der Waals surface area contributed by atoms with Crippen LogP contribution in [0.3, 0.4) is 0 Å². The molecule has 0 aliphatic carbocycles. The summed E-state index contributed by atoms with van der Waals surface area (Å²) in [7, 11) is 0. The monoisotopic (exact) mass is 539 g/mol. The number of aliphatic hydroxyl groups is 4. The summed E-state index contributed by atoms with van der Waals surface area (Å²) >= 11 is 0. The van der Waals surface area contributed by atoms with Crippen LogP contribution in [0.25, 0.3) is 16.8 Å². The highest BCUT2D eigenvalue weighted by Gasteiger charge is 2.34. The summed E-state index contributed by atoms with van der Waals surface area (Å²) in [4.78, 5) is 20.1. The second-order valence-corrected chi connectivity index (χ2v) is 8.19. The van der Waals surface area contributed by atoms with Crippen molar-refractivity contribution in [3.8, 4) is 11.3 Å². The van der Waals surface area contributed by atoms with Gasteiger partial charge in [0.15, 0.2) is 17.7 Å². The Balaban J connectivity index is 1.72. The third-order valence-corrected chi connectivity index (χ3v) is 5.54. The molecule has 1 amide bonds. The van der Waals surface area contributed by atoms with Crippen molar-refractivity contribution in [2.24, 2.45) is 0 Å². The van der Waals surface area contributed by atoms with E-state index in [1.54, 1.807) is 0 Å². The largest absolute Gasteiger partial charge is 0.416 e. The van der Waals surface area contributed by atoms with Crippen LogP contribution < -0.4 is 11.1 Å². The molecule has 4 rings (SSSR count). The van der Waals surface area contributed by atoms with Crippen molar-refractivity contribution >= 4 is 22.9 Å². The zero-order chi connectivity index (χ0) is 28.2. The van der Waals surface area contributed by atoms with Crippen molar-refractivity contribution in [1.82, 2.24) is 14.4 Å². The van der Waals surface area contributed by atoms with Crippen LogP contribution in [-0.4, -0.2) is 40.7 Å². The molecule has 38 heavy (non-hydrogen) atoms. The zero-order valence-electron chi connectivity index (χ0n) is 19.1. The molecule has 0 aliphatic heterocycles. The third kappa shape index (κ3) is 4.74. The van der Waals surface area contributed by atoms with Gasteiger partial charge in [-0.2, -0.15) is 13.2 Å². The van der Waals surface area contributed by atoms with Gasteiger partial charge in [-0.1, -0.05) is 12.1 Å². The lowest BCUT2D eigenvalue weighted by molar-refractivity contribution is -0.329. The lowest BCUT2D eigenvalue weighted by atomic mass is 10.0. The number of aromatic nitrogens is 3. The van der Waals surface area contributed by atoms with Gasteiger partial charge in [0.05, 0.1) is 11.3 Å². The van der Waals surface area contributed by atoms with E-state index in [9.17, 15) is 42.8 Å². The van der Waals surface area contributed by atoms with Crippen molar-refractivity contribution in [1.29, 1.82) is 0 Å². The number of aryl methyl sites for hydroxylation is 1. The molecule has 0 aliphatic rings. The number of aliphatic hydroxyl groups excluding tert-OH is 1. The average molecular weight is 539 g/mol. The number of nitrogens with two attached hydrogens (primary N) is 1. The van der Waals surface area contributed by atoms with Gasteiger partial charge in [-0.15, -0.1) is 0 Å². The average Bonchev–Trinajstić information content (AvgIpc) is 3.26. The van der Waals surface area contributed by atoms with Gasteiger partial charge in [-0.05, 0) is 36.8 Å². The number of carbonyl (C=O) groups excluding carboxylic acids is 1. The molecule has 200 valence electrons. The van der Waals surface area contributed by atoms with Gasteiger partial charge >= 0.3 is 12.1 Å². The first kappa shape index (κ1) is 26.9. The Morgan fingerprint density at radius 2 is 1.79 bits per heavy atom. The number of nitrogen functional groups attached to an aromatic ring is 1. The Kier molecular flexibility index (Phi) is 6.57. The molecule has 2 aromatic carbocycles. The van der Waals surface area contributed by atoms with Gasteiger partial charge < -0.3 is 31.5 Å². The second-order valence-electron chi connectivity index (χ2n) is 8.19. The number of fused-ring (bicyclic) bond motifs is 1. The molecule has 0 fully saturated rings. The molecule has 4 aromatic rings. The quantitative estimate of drug-likeness (QED) is 0.166. The lowest BCUT2D eigenvalue weighted by Gasteiger charge is -2.15. The first-order valence-electron chi connectivity index (χ1n) is 10.6. The predicted octanol–water partition coefficient (Wildman–Crippen LogP) is 2.34. The fourth-order valence-electron chi connectivity index (χ4n) is 3.76. The normalized spacial score (nSPS) is 13.1. The van der Waals surface area contributed by atoms with E-state index in [1.807, 2.05) is 5.32 Å². The van der Waals surface area contributed by atoms with Crippen LogP contribution >= 0.6 is 0 Å². The highest BCUT2D eigenvalue weighted by molar-refractivity contribution is 5.95. The van der Waals surface area contributed by atoms with Crippen LogP contribution in [-0.2, 0) is 16.9 Å². The first-order chi connectivity index (χ1) is 17.6. The molecule has 2 aromatic heterocycles. The maximum Gasteiger partial charge on any atom is 0.416 e. The van der Waals surface area contributed by atoms with Crippen LogP contribution in [0.4, 0.5) is 33.5 Å². The van der Waals surface area contributed by atoms with Gasteiger partial charge in [0.2, 0.25) is 5.82 Å². The highest BCUT2D eigenvalue weighted by atomic mass is 19.4. The van der Waals surface area contributed by atoms with E-state index < -0.39 is 69.7 Å². The minimum atomic E-state index is -4.74. The van der Waals surface area contributed by atoms with Crippen LogP contribution in [0.5, 0.6) is 0 Å². The molecule has 0 radical (unpaired) electrons. The van der Waals surface area contributed by atoms with E-state index in [0.717, 1.165) is 34.7 Å².